The van der Waals surface area contributed by atoms with E-state index in [0.29, 0.717) is 12.5 Å². The highest BCUT2D eigenvalue weighted by Gasteiger charge is 2.41. The molecular weight excluding hydrogens is 188 g/mol. The van der Waals surface area contributed by atoms with Gasteiger partial charge in [-0.2, -0.15) is 0 Å². The zero-order valence-corrected chi connectivity index (χ0v) is 10.0. The van der Waals surface area contributed by atoms with E-state index in [9.17, 15) is 5.11 Å². The fraction of sp³-hybridized carbons (Fsp3) is 1.00. The van der Waals surface area contributed by atoms with Gasteiger partial charge in [-0.05, 0) is 43.4 Å². The van der Waals surface area contributed by atoms with Crippen LogP contribution < -0.4 is 0 Å². The topological polar surface area (TPSA) is 29.5 Å². The summed E-state index contributed by atoms with van der Waals surface area (Å²) in [6.45, 7) is 6.06. The van der Waals surface area contributed by atoms with Gasteiger partial charge in [-0.25, -0.2) is 0 Å². The normalized spacial score (nSPS) is 47.8. The van der Waals surface area contributed by atoms with Gasteiger partial charge in [-0.1, -0.05) is 20.3 Å². The first-order chi connectivity index (χ1) is 7.12. The second-order valence-electron chi connectivity index (χ2n) is 5.72. The van der Waals surface area contributed by atoms with E-state index in [-0.39, 0.29) is 0 Å². The van der Waals surface area contributed by atoms with Gasteiger partial charge in [-0.15, -0.1) is 0 Å². The van der Waals surface area contributed by atoms with Crippen molar-refractivity contribution in [2.45, 2.75) is 51.6 Å². The molecule has 4 unspecified atom stereocenters. The van der Waals surface area contributed by atoms with Crippen molar-refractivity contribution in [3.63, 3.8) is 0 Å². The van der Waals surface area contributed by atoms with Gasteiger partial charge < -0.3 is 9.84 Å². The molecule has 0 aromatic heterocycles. The van der Waals surface area contributed by atoms with Crippen molar-refractivity contribution in [3.8, 4) is 0 Å². The van der Waals surface area contributed by atoms with Gasteiger partial charge in [0.25, 0.3) is 0 Å². The summed E-state index contributed by atoms with van der Waals surface area (Å²) in [5.74, 6) is 2.06. The molecule has 1 N–H and O–H groups in total. The van der Waals surface area contributed by atoms with E-state index in [4.69, 9.17) is 4.74 Å². The third-order valence-corrected chi connectivity index (χ3v) is 4.61. The molecule has 0 radical (unpaired) electrons. The van der Waals surface area contributed by atoms with Crippen LogP contribution >= 0.6 is 0 Å². The van der Waals surface area contributed by atoms with Crippen LogP contribution in [0.5, 0.6) is 0 Å². The van der Waals surface area contributed by atoms with Crippen molar-refractivity contribution >= 4 is 0 Å². The molecule has 2 heteroatoms. The predicted molar refractivity (Wildman–Crippen MR) is 60.7 cm³/mol. The van der Waals surface area contributed by atoms with Crippen LogP contribution in [0.25, 0.3) is 0 Å². The Balaban J connectivity index is 1.97. The lowest BCUT2D eigenvalue weighted by atomic mass is 9.68. The highest BCUT2D eigenvalue weighted by Crippen LogP contribution is 2.41. The minimum Gasteiger partial charge on any atom is -0.387 e. The van der Waals surface area contributed by atoms with E-state index in [2.05, 4.69) is 13.8 Å². The highest BCUT2D eigenvalue weighted by molar-refractivity contribution is 4.92. The Labute approximate surface area is 93.0 Å². The Morgan fingerprint density at radius 1 is 1.20 bits per heavy atom. The molecule has 2 nitrogen and oxygen atoms in total. The maximum absolute atomic E-state index is 10.6. The molecule has 1 saturated carbocycles. The van der Waals surface area contributed by atoms with Crippen LogP contribution in [0.3, 0.4) is 0 Å². The Morgan fingerprint density at radius 2 is 2.00 bits per heavy atom. The molecule has 1 aliphatic heterocycles. The van der Waals surface area contributed by atoms with E-state index in [0.717, 1.165) is 31.3 Å². The fourth-order valence-corrected chi connectivity index (χ4v) is 3.16. The summed E-state index contributed by atoms with van der Waals surface area (Å²) < 4.78 is 5.45. The first-order valence-electron chi connectivity index (χ1n) is 6.42. The highest BCUT2D eigenvalue weighted by atomic mass is 16.5. The van der Waals surface area contributed by atoms with Gasteiger partial charge in [0.2, 0.25) is 0 Å². The molecule has 0 aromatic carbocycles. The molecule has 2 aliphatic rings. The van der Waals surface area contributed by atoms with Gasteiger partial charge in [0, 0.05) is 6.61 Å². The third kappa shape index (κ3) is 2.36. The van der Waals surface area contributed by atoms with Crippen molar-refractivity contribution in [1.82, 2.24) is 0 Å². The number of rotatable bonds is 1. The molecule has 88 valence electrons. The Hall–Kier alpha value is -0.0800. The molecule has 0 amide bonds. The quantitative estimate of drug-likeness (QED) is 0.724. The van der Waals surface area contributed by atoms with Crippen LogP contribution in [0, 0.1) is 17.8 Å². The lowest BCUT2D eigenvalue weighted by Gasteiger charge is -2.44. The summed E-state index contributed by atoms with van der Waals surface area (Å²) in [7, 11) is 0. The third-order valence-electron chi connectivity index (χ3n) is 4.61. The average molecular weight is 212 g/mol. The summed E-state index contributed by atoms with van der Waals surface area (Å²) >= 11 is 0. The van der Waals surface area contributed by atoms with Crippen LogP contribution in [0.2, 0.25) is 0 Å². The molecule has 2 rings (SSSR count). The molecule has 0 bridgehead atoms. The maximum Gasteiger partial charge on any atom is 0.0909 e. The summed E-state index contributed by atoms with van der Waals surface area (Å²) in [5.41, 5.74) is -0.507. The number of ether oxygens (including phenoxy) is 1. The molecule has 15 heavy (non-hydrogen) atoms. The van der Waals surface area contributed by atoms with Crippen molar-refractivity contribution in [2.24, 2.45) is 17.8 Å². The smallest absolute Gasteiger partial charge is 0.0909 e. The van der Waals surface area contributed by atoms with Gasteiger partial charge in [-0.3, -0.25) is 0 Å². The van der Waals surface area contributed by atoms with Crippen LogP contribution in [0.1, 0.15) is 46.0 Å². The number of hydrogen-bond acceptors (Lipinski definition) is 2. The lowest BCUT2D eigenvalue weighted by molar-refractivity contribution is -0.133. The van der Waals surface area contributed by atoms with Crippen molar-refractivity contribution < 1.29 is 9.84 Å². The van der Waals surface area contributed by atoms with Crippen LogP contribution in [-0.4, -0.2) is 23.9 Å². The summed E-state index contributed by atoms with van der Waals surface area (Å²) in [5, 5.41) is 10.6. The van der Waals surface area contributed by atoms with Gasteiger partial charge in [0.05, 0.1) is 12.2 Å². The molecule has 2 fully saturated rings. The standard InChI is InChI=1S/C13H24O2/c1-10-4-5-12(8-11(10)2)13(14)6-3-7-15-9-13/h10-12,14H,3-9H2,1-2H3. The largest absolute Gasteiger partial charge is 0.387 e. The van der Waals surface area contributed by atoms with E-state index in [1.165, 1.54) is 19.3 Å². The van der Waals surface area contributed by atoms with Crippen LogP contribution in [-0.2, 0) is 4.74 Å². The molecule has 4 atom stereocenters. The van der Waals surface area contributed by atoms with E-state index >= 15 is 0 Å². The Kier molecular flexibility index (Phi) is 3.36. The van der Waals surface area contributed by atoms with Crippen molar-refractivity contribution in [1.29, 1.82) is 0 Å². The lowest BCUT2D eigenvalue weighted by Crippen LogP contribution is -2.47. The summed E-state index contributed by atoms with van der Waals surface area (Å²) in [4.78, 5) is 0. The first-order valence-corrected chi connectivity index (χ1v) is 6.42. The Morgan fingerprint density at radius 3 is 2.60 bits per heavy atom. The molecule has 0 aromatic rings. The monoisotopic (exact) mass is 212 g/mol. The number of aliphatic hydroxyl groups is 1. The van der Waals surface area contributed by atoms with Gasteiger partial charge in [0.15, 0.2) is 0 Å². The first kappa shape index (κ1) is 11.4. The van der Waals surface area contributed by atoms with Gasteiger partial charge in [0.1, 0.15) is 0 Å². The van der Waals surface area contributed by atoms with Gasteiger partial charge >= 0.3 is 0 Å². The SMILES string of the molecule is CC1CCC(C2(O)CCCOC2)CC1C. The van der Waals surface area contributed by atoms with Crippen molar-refractivity contribution in [3.05, 3.63) is 0 Å². The van der Waals surface area contributed by atoms with E-state index in [1.54, 1.807) is 0 Å². The molecule has 1 saturated heterocycles. The molecular formula is C13H24O2. The fourth-order valence-electron chi connectivity index (χ4n) is 3.16. The van der Waals surface area contributed by atoms with Crippen LogP contribution in [0.4, 0.5) is 0 Å². The predicted octanol–water partition coefficient (Wildman–Crippen LogP) is 2.60. The number of hydrogen-bond donors (Lipinski definition) is 1. The molecule has 1 aliphatic carbocycles. The summed E-state index contributed by atoms with van der Waals surface area (Å²) in [6.07, 6.45) is 5.61. The van der Waals surface area contributed by atoms with E-state index in [1.807, 2.05) is 0 Å². The van der Waals surface area contributed by atoms with E-state index < -0.39 is 5.60 Å². The zero-order chi connectivity index (χ0) is 10.9. The summed E-state index contributed by atoms with van der Waals surface area (Å²) in [6, 6.07) is 0. The zero-order valence-electron chi connectivity index (χ0n) is 10.0. The van der Waals surface area contributed by atoms with Crippen molar-refractivity contribution in [2.75, 3.05) is 13.2 Å². The van der Waals surface area contributed by atoms with Crippen LogP contribution in [0.15, 0.2) is 0 Å². The molecule has 0 spiro atoms. The maximum atomic E-state index is 10.6. The Bertz CT molecular complexity index is 209. The average Bonchev–Trinajstić information content (AvgIpc) is 2.23. The minimum absolute atomic E-state index is 0.476. The second-order valence-corrected chi connectivity index (χ2v) is 5.72. The second kappa shape index (κ2) is 4.42. The molecule has 1 heterocycles. The minimum atomic E-state index is -0.507.